The molecule has 1 N–H and O–H groups in total. The molecule has 0 aliphatic carbocycles. The first-order valence-corrected chi connectivity index (χ1v) is 12.6. The van der Waals surface area contributed by atoms with Crippen LogP contribution in [0.15, 0.2) is 53.0 Å². The van der Waals surface area contributed by atoms with E-state index < -0.39 is 33.4 Å². The molecule has 2 amide bonds. The zero-order valence-electron chi connectivity index (χ0n) is 18.4. The molecule has 0 heterocycles. The number of amides is 2. The molecule has 0 spiro atoms. The largest absolute Gasteiger partial charge is 0.355 e. The van der Waals surface area contributed by atoms with E-state index in [0.29, 0.717) is 6.54 Å². The number of sulfonamides is 1. The lowest BCUT2D eigenvalue weighted by atomic mass is 10.1. The Bertz CT molecular complexity index is 1120. The van der Waals surface area contributed by atoms with Gasteiger partial charge in [-0.3, -0.25) is 24.0 Å². The van der Waals surface area contributed by atoms with Gasteiger partial charge in [0.2, 0.25) is 21.8 Å². The molecule has 0 saturated heterocycles. The van der Waals surface area contributed by atoms with Gasteiger partial charge in [-0.2, -0.15) is 0 Å². The number of rotatable bonds is 10. The molecule has 2 rings (SSSR count). The van der Waals surface area contributed by atoms with Crippen LogP contribution >= 0.6 is 15.9 Å². The van der Waals surface area contributed by atoms with Crippen molar-refractivity contribution in [1.82, 2.24) is 10.2 Å². The second kappa shape index (κ2) is 11.2. The fraction of sp³-hybridized carbons (Fsp3) is 0.333. The lowest BCUT2D eigenvalue weighted by molar-refractivity contribution is -0.384. The first kappa shape index (κ1) is 26.3. The summed E-state index contributed by atoms with van der Waals surface area (Å²) in [6.07, 6.45) is 0.908. The number of nitro benzene ring substituents is 1. The standard InChI is InChI=1S/C21H25BrN4O6S/c1-4-23-21(28)15(2)24(13-16-8-10-17(22)11-9-16)20(27)14-25(33(3,31)32)18-6-5-7-19(12-18)26(29)30/h5-12,15H,4,13-14H2,1-3H3,(H,23,28)/t15-/m1/s1. The van der Waals surface area contributed by atoms with Crippen molar-refractivity contribution in [1.29, 1.82) is 0 Å². The molecule has 0 radical (unpaired) electrons. The minimum absolute atomic E-state index is 0.0192. The van der Waals surface area contributed by atoms with Gasteiger partial charge in [0.05, 0.1) is 16.9 Å². The van der Waals surface area contributed by atoms with Gasteiger partial charge in [-0.05, 0) is 37.6 Å². The summed E-state index contributed by atoms with van der Waals surface area (Å²) in [6.45, 7) is 3.11. The van der Waals surface area contributed by atoms with Gasteiger partial charge in [0.1, 0.15) is 12.6 Å². The van der Waals surface area contributed by atoms with Crippen LogP contribution < -0.4 is 9.62 Å². The summed E-state index contributed by atoms with van der Waals surface area (Å²) in [4.78, 5) is 37.6. The van der Waals surface area contributed by atoms with Gasteiger partial charge < -0.3 is 10.2 Å². The minimum Gasteiger partial charge on any atom is -0.355 e. The Kier molecular flexibility index (Phi) is 8.94. The highest BCUT2D eigenvalue weighted by Gasteiger charge is 2.30. The van der Waals surface area contributed by atoms with Crippen molar-refractivity contribution < 1.29 is 22.9 Å². The summed E-state index contributed by atoms with van der Waals surface area (Å²) in [5.74, 6) is -1.02. The lowest BCUT2D eigenvalue weighted by Gasteiger charge is -2.31. The first-order chi connectivity index (χ1) is 15.4. The highest BCUT2D eigenvalue weighted by Crippen LogP contribution is 2.24. The molecule has 2 aromatic rings. The van der Waals surface area contributed by atoms with Crippen molar-refractivity contribution in [2.45, 2.75) is 26.4 Å². The monoisotopic (exact) mass is 540 g/mol. The number of carbonyl (C=O) groups excluding carboxylic acids is 2. The summed E-state index contributed by atoms with van der Waals surface area (Å²) in [5.41, 5.74) is 0.411. The lowest BCUT2D eigenvalue weighted by Crippen LogP contribution is -2.51. The van der Waals surface area contributed by atoms with E-state index in [1.807, 2.05) is 0 Å². The number of hydrogen-bond donors (Lipinski definition) is 1. The molecule has 0 bridgehead atoms. The third-order valence-electron chi connectivity index (χ3n) is 4.79. The van der Waals surface area contributed by atoms with E-state index in [2.05, 4.69) is 21.2 Å². The van der Waals surface area contributed by atoms with Crippen LogP contribution in [0.3, 0.4) is 0 Å². The average Bonchev–Trinajstić information content (AvgIpc) is 2.75. The van der Waals surface area contributed by atoms with Crippen molar-refractivity contribution >= 4 is 49.1 Å². The van der Waals surface area contributed by atoms with Gasteiger partial charge in [0.15, 0.2) is 0 Å². The summed E-state index contributed by atoms with van der Waals surface area (Å²) in [7, 11) is -3.97. The summed E-state index contributed by atoms with van der Waals surface area (Å²) >= 11 is 3.34. The Morgan fingerprint density at radius 3 is 2.36 bits per heavy atom. The molecule has 2 aromatic carbocycles. The number of anilines is 1. The summed E-state index contributed by atoms with van der Waals surface area (Å²) in [5, 5.41) is 13.8. The van der Waals surface area contributed by atoms with Crippen LogP contribution in [-0.2, 0) is 26.2 Å². The minimum atomic E-state index is -3.97. The maximum Gasteiger partial charge on any atom is 0.271 e. The predicted molar refractivity (Wildman–Crippen MR) is 128 cm³/mol. The molecule has 10 nitrogen and oxygen atoms in total. The molecule has 33 heavy (non-hydrogen) atoms. The van der Waals surface area contributed by atoms with Crippen LogP contribution in [0.5, 0.6) is 0 Å². The van der Waals surface area contributed by atoms with Gasteiger partial charge >= 0.3 is 0 Å². The van der Waals surface area contributed by atoms with Crippen LogP contribution in [0.1, 0.15) is 19.4 Å². The maximum absolute atomic E-state index is 13.3. The fourth-order valence-electron chi connectivity index (χ4n) is 3.07. The van der Waals surface area contributed by atoms with Crippen LogP contribution in [0.4, 0.5) is 11.4 Å². The number of nitrogens with zero attached hydrogens (tertiary/aromatic N) is 3. The number of nitro groups is 1. The average molecular weight is 541 g/mol. The molecule has 0 aliphatic heterocycles. The summed E-state index contributed by atoms with van der Waals surface area (Å²) in [6, 6.07) is 11.3. The van der Waals surface area contributed by atoms with Gasteiger partial charge in [-0.15, -0.1) is 0 Å². The first-order valence-electron chi connectivity index (χ1n) is 9.97. The number of halogens is 1. The Morgan fingerprint density at radius 2 is 1.82 bits per heavy atom. The quantitative estimate of drug-likeness (QED) is 0.364. The molecule has 1 atom stereocenters. The third-order valence-corrected chi connectivity index (χ3v) is 6.46. The van der Waals surface area contributed by atoms with E-state index in [1.54, 1.807) is 38.1 Å². The van der Waals surface area contributed by atoms with Gasteiger partial charge in [-0.25, -0.2) is 8.42 Å². The highest BCUT2D eigenvalue weighted by molar-refractivity contribution is 9.10. The molecule has 178 valence electrons. The smallest absolute Gasteiger partial charge is 0.271 e. The molecular formula is C21H25BrN4O6S. The van der Waals surface area contributed by atoms with Crippen LogP contribution in [0.2, 0.25) is 0 Å². The number of carbonyl (C=O) groups is 2. The van der Waals surface area contributed by atoms with E-state index in [9.17, 15) is 28.1 Å². The molecule has 0 unspecified atom stereocenters. The van der Waals surface area contributed by atoms with Crippen molar-refractivity contribution in [2.24, 2.45) is 0 Å². The second-order valence-electron chi connectivity index (χ2n) is 7.27. The molecule has 0 aromatic heterocycles. The van der Waals surface area contributed by atoms with E-state index in [1.165, 1.54) is 23.1 Å². The second-order valence-corrected chi connectivity index (χ2v) is 10.1. The van der Waals surface area contributed by atoms with Crippen molar-refractivity contribution in [3.8, 4) is 0 Å². The van der Waals surface area contributed by atoms with E-state index in [4.69, 9.17) is 0 Å². The SMILES string of the molecule is CCNC(=O)[C@@H](C)N(Cc1ccc(Br)cc1)C(=O)CN(c1cccc([N+](=O)[O-])c1)S(C)(=O)=O. The van der Waals surface area contributed by atoms with Crippen molar-refractivity contribution in [3.63, 3.8) is 0 Å². The van der Waals surface area contributed by atoms with Gasteiger partial charge in [0.25, 0.3) is 5.69 Å². The number of hydrogen-bond acceptors (Lipinski definition) is 6. The van der Waals surface area contributed by atoms with E-state index in [0.717, 1.165) is 26.7 Å². The van der Waals surface area contributed by atoms with Crippen LogP contribution in [-0.4, -0.2) is 55.4 Å². The molecule has 0 aliphatic rings. The van der Waals surface area contributed by atoms with Crippen LogP contribution in [0, 0.1) is 10.1 Å². The number of benzene rings is 2. The Morgan fingerprint density at radius 1 is 1.18 bits per heavy atom. The zero-order valence-corrected chi connectivity index (χ0v) is 20.8. The molecule has 0 fully saturated rings. The van der Waals surface area contributed by atoms with Gasteiger partial charge in [-0.1, -0.05) is 34.1 Å². The zero-order chi connectivity index (χ0) is 24.8. The Hall–Kier alpha value is -2.99. The maximum atomic E-state index is 13.3. The normalized spacial score (nSPS) is 12.0. The molecule has 12 heteroatoms. The van der Waals surface area contributed by atoms with E-state index >= 15 is 0 Å². The van der Waals surface area contributed by atoms with Crippen molar-refractivity contribution in [3.05, 3.63) is 68.7 Å². The molecule has 0 saturated carbocycles. The van der Waals surface area contributed by atoms with Gasteiger partial charge in [0, 0.05) is 29.7 Å². The number of non-ortho nitro benzene ring substituents is 1. The third kappa shape index (κ3) is 7.26. The number of likely N-dealkylation sites (N-methyl/N-ethyl adjacent to an activating group) is 1. The van der Waals surface area contributed by atoms with Crippen molar-refractivity contribution in [2.75, 3.05) is 23.7 Å². The Labute approximate surface area is 200 Å². The highest BCUT2D eigenvalue weighted by atomic mass is 79.9. The van der Waals surface area contributed by atoms with Crippen LogP contribution in [0.25, 0.3) is 0 Å². The Balaban J connectivity index is 2.41. The predicted octanol–water partition coefficient (Wildman–Crippen LogP) is 2.68. The summed E-state index contributed by atoms with van der Waals surface area (Å²) < 4.78 is 26.6. The molecular weight excluding hydrogens is 516 g/mol. The van der Waals surface area contributed by atoms with E-state index in [-0.39, 0.29) is 23.8 Å². The topological polar surface area (TPSA) is 130 Å². The number of nitrogens with one attached hydrogen (secondary N) is 1. The fourth-order valence-corrected chi connectivity index (χ4v) is 4.17.